The van der Waals surface area contributed by atoms with Crippen molar-refractivity contribution in [1.82, 2.24) is 9.36 Å². The largest absolute Gasteiger partial charge is 0.366 e. The Morgan fingerprint density at radius 1 is 1.17 bits per heavy atom. The van der Waals surface area contributed by atoms with Crippen LogP contribution >= 0.6 is 47.2 Å². The molecule has 1 unspecified atom stereocenters. The first kappa shape index (κ1) is 20.5. The zero-order chi connectivity index (χ0) is 20.9. The van der Waals surface area contributed by atoms with Crippen molar-refractivity contribution in [2.45, 2.75) is 12.6 Å². The van der Waals surface area contributed by atoms with Gasteiger partial charge >= 0.3 is 0 Å². The van der Waals surface area contributed by atoms with Crippen LogP contribution in [0.3, 0.4) is 0 Å². The number of aliphatic hydroxyl groups is 1. The summed E-state index contributed by atoms with van der Waals surface area (Å²) in [4.78, 5) is 15.0. The minimum Gasteiger partial charge on any atom is -0.366 e. The van der Waals surface area contributed by atoms with Crippen LogP contribution in [0.4, 0.5) is 5.69 Å². The first-order chi connectivity index (χ1) is 13.8. The normalized spacial score (nSPS) is 19.2. The summed E-state index contributed by atoms with van der Waals surface area (Å²) in [5.41, 5.74) is 0.324. The van der Waals surface area contributed by atoms with Gasteiger partial charge in [0.15, 0.2) is 5.72 Å². The van der Waals surface area contributed by atoms with Crippen molar-refractivity contribution in [3.8, 4) is 5.69 Å². The van der Waals surface area contributed by atoms with Gasteiger partial charge in [-0.2, -0.15) is 0 Å². The van der Waals surface area contributed by atoms with Gasteiger partial charge in [-0.15, -0.1) is 0 Å². The summed E-state index contributed by atoms with van der Waals surface area (Å²) in [6, 6.07) is 14.2. The number of rotatable bonds is 3. The van der Waals surface area contributed by atoms with Crippen LogP contribution in [0.25, 0.3) is 5.69 Å². The smallest absolute Gasteiger partial charge is 0.295 e. The number of benzene rings is 2. The number of nitrogens with zero attached hydrogens (tertiary/aromatic N) is 3. The van der Waals surface area contributed by atoms with Gasteiger partial charge in [-0.25, -0.2) is 4.68 Å². The molecule has 29 heavy (non-hydrogen) atoms. The highest BCUT2D eigenvalue weighted by Crippen LogP contribution is 2.45. The molecule has 2 heterocycles. The van der Waals surface area contributed by atoms with Gasteiger partial charge in [-0.05, 0) is 31.2 Å². The molecule has 9 heteroatoms. The van der Waals surface area contributed by atoms with E-state index in [-0.39, 0.29) is 11.3 Å². The van der Waals surface area contributed by atoms with E-state index >= 15 is 0 Å². The highest BCUT2D eigenvalue weighted by molar-refractivity contribution is 8.23. The highest BCUT2D eigenvalue weighted by Gasteiger charge is 2.48. The van der Waals surface area contributed by atoms with E-state index in [1.165, 1.54) is 16.7 Å². The van der Waals surface area contributed by atoms with E-state index in [9.17, 15) is 9.90 Å². The van der Waals surface area contributed by atoms with Crippen LogP contribution in [0.15, 0.2) is 53.3 Å². The maximum atomic E-state index is 13.5. The molecule has 0 spiro atoms. The maximum Gasteiger partial charge on any atom is 0.295 e. The monoisotopic (exact) mass is 465 g/mol. The quantitative estimate of drug-likeness (QED) is 0.578. The molecule has 4 rings (SSSR count). The topological polar surface area (TPSA) is 50.4 Å². The Morgan fingerprint density at radius 2 is 1.86 bits per heavy atom. The molecule has 150 valence electrons. The summed E-state index contributed by atoms with van der Waals surface area (Å²) in [5, 5.41) is 12.4. The van der Waals surface area contributed by atoms with E-state index in [1.54, 1.807) is 34.6 Å². The second kappa shape index (κ2) is 7.49. The molecule has 1 N–H and O–H groups in total. The Balaban J connectivity index is 1.94. The fraction of sp³-hybridized carbons (Fsp3) is 0.200. The molecule has 0 amide bonds. The Labute approximate surface area is 187 Å². The van der Waals surface area contributed by atoms with Crippen LogP contribution in [0.1, 0.15) is 11.3 Å². The minimum atomic E-state index is -1.57. The third-order valence-corrected chi connectivity index (χ3v) is 7.12. The summed E-state index contributed by atoms with van der Waals surface area (Å²) < 4.78 is 3.72. The predicted molar refractivity (Wildman–Crippen MR) is 124 cm³/mol. The number of hydrogen-bond acceptors (Lipinski definition) is 4. The van der Waals surface area contributed by atoms with E-state index in [1.807, 2.05) is 37.3 Å². The average molecular weight is 466 g/mol. The van der Waals surface area contributed by atoms with Gasteiger partial charge in [-0.3, -0.25) is 14.4 Å². The van der Waals surface area contributed by atoms with Crippen molar-refractivity contribution in [3.63, 3.8) is 0 Å². The van der Waals surface area contributed by atoms with Crippen LogP contribution in [0, 0.1) is 6.92 Å². The lowest BCUT2D eigenvalue weighted by molar-refractivity contribution is 0.0770. The van der Waals surface area contributed by atoms with Crippen LogP contribution in [-0.4, -0.2) is 24.5 Å². The summed E-state index contributed by atoms with van der Waals surface area (Å²) in [5.74, 6) is 0.242. The van der Waals surface area contributed by atoms with E-state index in [0.29, 0.717) is 31.3 Å². The Bertz CT molecular complexity index is 1180. The second-order valence-electron chi connectivity index (χ2n) is 6.74. The first-order valence-corrected chi connectivity index (χ1v) is 10.9. The highest BCUT2D eigenvalue weighted by atomic mass is 35.5. The van der Waals surface area contributed by atoms with E-state index in [2.05, 4.69) is 0 Å². The molecular formula is C20H17Cl2N3O2S2. The van der Waals surface area contributed by atoms with Crippen LogP contribution in [0.2, 0.25) is 10.0 Å². The molecule has 1 aliphatic rings. The number of hydrogen-bond donors (Lipinski definition) is 1. The number of aromatic nitrogens is 2. The van der Waals surface area contributed by atoms with Gasteiger partial charge in [0.25, 0.3) is 5.56 Å². The van der Waals surface area contributed by atoms with Gasteiger partial charge < -0.3 is 5.11 Å². The fourth-order valence-corrected chi connectivity index (χ4v) is 5.50. The summed E-state index contributed by atoms with van der Waals surface area (Å²) in [7, 11) is 1.80. The minimum absolute atomic E-state index is 0.242. The summed E-state index contributed by atoms with van der Waals surface area (Å²) in [6.07, 6.45) is 0. The molecule has 0 aliphatic carbocycles. The lowest BCUT2D eigenvalue weighted by atomic mass is 10.0. The van der Waals surface area contributed by atoms with Crippen molar-refractivity contribution in [3.05, 3.63) is 80.2 Å². The van der Waals surface area contributed by atoms with Gasteiger partial charge in [0.2, 0.25) is 0 Å². The van der Waals surface area contributed by atoms with Gasteiger partial charge in [0.05, 0.1) is 22.2 Å². The van der Waals surface area contributed by atoms with Crippen molar-refractivity contribution in [1.29, 1.82) is 0 Å². The first-order valence-electron chi connectivity index (χ1n) is 8.74. The van der Waals surface area contributed by atoms with Crippen LogP contribution in [-0.2, 0) is 12.8 Å². The molecule has 1 saturated heterocycles. The van der Waals surface area contributed by atoms with Crippen molar-refractivity contribution < 1.29 is 5.11 Å². The molecule has 1 atom stereocenters. The van der Waals surface area contributed by atoms with E-state index in [0.717, 1.165) is 5.69 Å². The third kappa shape index (κ3) is 3.21. The standard InChI is InChI=1S/C20H17Cl2N3O2S2/c1-12-17(18(26)25(23(12)2)14-6-4-3-5-7-14)24-19(28)29-11-20(24,27)15-9-8-13(21)10-16(15)22/h3-10,27H,11H2,1-2H3. The van der Waals surface area contributed by atoms with Crippen molar-refractivity contribution in [2.24, 2.45) is 7.05 Å². The Hall–Kier alpha value is -1.77. The fourth-order valence-electron chi connectivity index (χ4n) is 3.54. The van der Waals surface area contributed by atoms with Gasteiger partial charge in [-0.1, -0.05) is 71.4 Å². The zero-order valence-corrected chi connectivity index (χ0v) is 18.7. The van der Waals surface area contributed by atoms with Crippen molar-refractivity contribution in [2.75, 3.05) is 10.7 Å². The zero-order valence-electron chi connectivity index (χ0n) is 15.6. The number of anilines is 1. The lowest BCUT2D eigenvalue weighted by Crippen LogP contribution is -2.47. The summed E-state index contributed by atoms with van der Waals surface area (Å²) >= 11 is 19.3. The molecule has 2 aromatic carbocycles. The molecule has 0 bridgehead atoms. The SMILES string of the molecule is Cc1c(N2C(=S)SCC2(O)c2ccc(Cl)cc2Cl)c(=O)n(-c2ccccc2)n1C. The molecule has 0 saturated carbocycles. The molecule has 0 radical (unpaired) electrons. The lowest BCUT2D eigenvalue weighted by Gasteiger charge is -2.34. The predicted octanol–water partition coefficient (Wildman–Crippen LogP) is 4.47. The number of halogens is 2. The molecular weight excluding hydrogens is 449 g/mol. The molecule has 3 aromatic rings. The average Bonchev–Trinajstić information content (AvgIpc) is 3.09. The van der Waals surface area contributed by atoms with E-state index in [4.69, 9.17) is 35.4 Å². The Morgan fingerprint density at radius 3 is 2.52 bits per heavy atom. The number of thioether (sulfide) groups is 1. The Kier molecular flexibility index (Phi) is 5.29. The molecule has 1 aromatic heterocycles. The maximum absolute atomic E-state index is 13.5. The van der Waals surface area contributed by atoms with E-state index < -0.39 is 5.72 Å². The molecule has 5 nitrogen and oxygen atoms in total. The third-order valence-electron chi connectivity index (χ3n) is 5.06. The van der Waals surface area contributed by atoms with Gasteiger partial charge in [0, 0.05) is 17.6 Å². The molecule has 1 fully saturated rings. The van der Waals surface area contributed by atoms with Gasteiger partial charge in [0.1, 0.15) is 10.0 Å². The second-order valence-corrected chi connectivity index (χ2v) is 9.19. The number of thiocarbonyl (C=S) groups is 1. The molecule has 1 aliphatic heterocycles. The van der Waals surface area contributed by atoms with Crippen molar-refractivity contribution >= 4 is 57.2 Å². The number of para-hydroxylation sites is 1. The van der Waals surface area contributed by atoms with Crippen LogP contribution in [0.5, 0.6) is 0 Å². The van der Waals surface area contributed by atoms with Crippen LogP contribution < -0.4 is 10.5 Å². The summed E-state index contributed by atoms with van der Waals surface area (Å²) in [6.45, 7) is 1.83.